The molecule has 0 radical (unpaired) electrons. The van der Waals surface area contributed by atoms with E-state index in [4.69, 9.17) is 11.6 Å². The van der Waals surface area contributed by atoms with Crippen LogP contribution in [0.2, 0.25) is 5.02 Å². The van der Waals surface area contributed by atoms with Crippen molar-refractivity contribution in [2.75, 3.05) is 5.32 Å². The molecular formula is C17H14ClN3O. The van der Waals surface area contributed by atoms with Crippen LogP contribution in [0, 0.1) is 6.92 Å². The molecule has 0 saturated heterocycles. The van der Waals surface area contributed by atoms with E-state index >= 15 is 0 Å². The molecule has 0 aliphatic carbocycles. The second-order valence-corrected chi connectivity index (χ2v) is 5.26. The van der Waals surface area contributed by atoms with Gasteiger partial charge >= 0.3 is 0 Å². The second kappa shape index (κ2) is 6.03. The maximum Gasteiger partial charge on any atom is 0.258 e. The van der Waals surface area contributed by atoms with Crippen molar-refractivity contribution < 1.29 is 4.79 Å². The van der Waals surface area contributed by atoms with Gasteiger partial charge in [-0.2, -0.15) is 5.10 Å². The zero-order valence-electron chi connectivity index (χ0n) is 12.0. The molecule has 0 bridgehead atoms. The van der Waals surface area contributed by atoms with Gasteiger partial charge in [-0.15, -0.1) is 0 Å². The molecule has 22 heavy (non-hydrogen) atoms. The van der Waals surface area contributed by atoms with Gasteiger partial charge in [0, 0.05) is 6.07 Å². The summed E-state index contributed by atoms with van der Waals surface area (Å²) in [6.07, 6.45) is 0. The first-order valence-electron chi connectivity index (χ1n) is 6.83. The quantitative estimate of drug-likeness (QED) is 0.792. The Balaban J connectivity index is 1.94. The van der Waals surface area contributed by atoms with Gasteiger partial charge in [0.15, 0.2) is 0 Å². The lowest BCUT2D eigenvalue weighted by atomic mass is 10.2. The number of hydrogen-bond donors (Lipinski definition) is 1. The van der Waals surface area contributed by atoms with Crippen molar-refractivity contribution in [3.63, 3.8) is 0 Å². The van der Waals surface area contributed by atoms with Crippen LogP contribution < -0.4 is 5.32 Å². The fraction of sp³-hybridized carbons (Fsp3) is 0.0588. The van der Waals surface area contributed by atoms with Crippen LogP contribution in [0.3, 0.4) is 0 Å². The summed E-state index contributed by atoms with van der Waals surface area (Å²) in [7, 11) is 0. The lowest BCUT2D eigenvalue weighted by molar-refractivity contribution is 0.102. The largest absolute Gasteiger partial charge is 0.306 e. The number of amides is 1. The minimum Gasteiger partial charge on any atom is -0.306 e. The highest BCUT2D eigenvalue weighted by Crippen LogP contribution is 2.20. The molecule has 2 aromatic carbocycles. The molecule has 0 atom stereocenters. The predicted molar refractivity (Wildman–Crippen MR) is 87.7 cm³/mol. The van der Waals surface area contributed by atoms with Gasteiger partial charge in [-0.1, -0.05) is 41.9 Å². The van der Waals surface area contributed by atoms with E-state index in [1.54, 1.807) is 28.9 Å². The zero-order valence-corrected chi connectivity index (χ0v) is 12.7. The van der Waals surface area contributed by atoms with Crippen molar-refractivity contribution >= 4 is 23.3 Å². The summed E-state index contributed by atoms with van der Waals surface area (Å²) in [5, 5.41) is 7.70. The number of nitrogens with one attached hydrogen (secondary N) is 1. The third-order valence-corrected chi connectivity index (χ3v) is 3.52. The molecule has 110 valence electrons. The van der Waals surface area contributed by atoms with Crippen LogP contribution in [0.25, 0.3) is 5.69 Å². The number of nitrogens with zero attached hydrogens (tertiary/aromatic N) is 2. The van der Waals surface area contributed by atoms with E-state index in [0.717, 1.165) is 11.4 Å². The topological polar surface area (TPSA) is 46.9 Å². The molecule has 3 aromatic rings. The molecule has 0 fully saturated rings. The highest BCUT2D eigenvalue weighted by atomic mass is 35.5. The van der Waals surface area contributed by atoms with E-state index in [-0.39, 0.29) is 5.91 Å². The molecule has 0 aliphatic heterocycles. The first-order valence-corrected chi connectivity index (χ1v) is 7.21. The van der Waals surface area contributed by atoms with Crippen molar-refractivity contribution in [3.05, 3.63) is 76.9 Å². The molecule has 0 spiro atoms. The standard InChI is InChI=1S/C17H14ClN3O/c1-12-11-16(21(20-12)13-7-3-2-4-8-13)19-17(22)14-9-5-6-10-15(14)18/h2-11H,1H3,(H,19,22). The molecule has 0 unspecified atom stereocenters. The van der Waals surface area contributed by atoms with Crippen LogP contribution in [0.5, 0.6) is 0 Å². The monoisotopic (exact) mass is 311 g/mol. The number of halogens is 1. The number of rotatable bonds is 3. The van der Waals surface area contributed by atoms with E-state index < -0.39 is 0 Å². The molecule has 0 aliphatic rings. The summed E-state index contributed by atoms with van der Waals surface area (Å²) in [6, 6.07) is 18.4. The number of carbonyl (C=O) groups excluding carboxylic acids is 1. The number of benzene rings is 2. The summed E-state index contributed by atoms with van der Waals surface area (Å²) in [5.74, 6) is 0.344. The lowest BCUT2D eigenvalue weighted by Gasteiger charge is -2.09. The molecule has 3 rings (SSSR count). The molecule has 4 nitrogen and oxygen atoms in total. The van der Waals surface area contributed by atoms with Crippen molar-refractivity contribution in [1.82, 2.24) is 9.78 Å². The Labute approximate surface area is 133 Å². The molecule has 0 saturated carbocycles. The molecule has 1 amide bonds. The Hall–Kier alpha value is -2.59. The Morgan fingerprint density at radius 3 is 2.50 bits per heavy atom. The summed E-state index contributed by atoms with van der Waals surface area (Å²) >= 11 is 6.06. The third kappa shape index (κ3) is 2.87. The second-order valence-electron chi connectivity index (χ2n) is 4.85. The number of carbonyl (C=O) groups is 1. The minimum absolute atomic E-state index is 0.261. The van der Waals surface area contributed by atoms with Gasteiger partial charge in [-0.25, -0.2) is 4.68 Å². The summed E-state index contributed by atoms with van der Waals surface area (Å²) < 4.78 is 1.70. The van der Waals surface area contributed by atoms with Crippen molar-refractivity contribution in [3.8, 4) is 5.69 Å². The van der Waals surface area contributed by atoms with Crippen LogP contribution in [0.1, 0.15) is 16.1 Å². The lowest BCUT2D eigenvalue weighted by Crippen LogP contribution is -2.15. The van der Waals surface area contributed by atoms with Gasteiger partial charge in [0.05, 0.1) is 22.0 Å². The van der Waals surface area contributed by atoms with Crippen LogP contribution in [0.4, 0.5) is 5.82 Å². The van der Waals surface area contributed by atoms with E-state index in [2.05, 4.69) is 10.4 Å². The van der Waals surface area contributed by atoms with E-state index in [9.17, 15) is 4.79 Å². The summed E-state index contributed by atoms with van der Waals surface area (Å²) in [6.45, 7) is 1.88. The number of para-hydroxylation sites is 1. The highest BCUT2D eigenvalue weighted by molar-refractivity contribution is 6.34. The number of aromatic nitrogens is 2. The Morgan fingerprint density at radius 2 is 1.77 bits per heavy atom. The van der Waals surface area contributed by atoms with Gasteiger partial charge in [-0.05, 0) is 31.2 Å². The Kier molecular flexibility index (Phi) is 3.94. The fourth-order valence-electron chi connectivity index (χ4n) is 2.18. The third-order valence-electron chi connectivity index (χ3n) is 3.19. The molecule has 1 aromatic heterocycles. The van der Waals surface area contributed by atoms with Crippen molar-refractivity contribution in [2.45, 2.75) is 6.92 Å². The van der Waals surface area contributed by atoms with Gasteiger partial charge in [0.25, 0.3) is 5.91 Å². The number of aryl methyl sites for hydroxylation is 1. The maximum absolute atomic E-state index is 12.4. The van der Waals surface area contributed by atoms with E-state index in [1.165, 1.54) is 0 Å². The molecule has 1 heterocycles. The van der Waals surface area contributed by atoms with Crippen molar-refractivity contribution in [1.29, 1.82) is 0 Å². The predicted octanol–water partition coefficient (Wildman–Crippen LogP) is 4.09. The SMILES string of the molecule is Cc1cc(NC(=O)c2ccccc2Cl)n(-c2ccccc2)n1. The van der Waals surface area contributed by atoms with Crippen molar-refractivity contribution in [2.24, 2.45) is 0 Å². The van der Waals surface area contributed by atoms with Gasteiger partial charge < -0.3 is 5.32 Å². The number of anilines is 1. The average molecular weight is 312 g/mol. The number of hydrogen-bond acceptors (Lipinski definition) is 2. The minimum atomic E-state index is -0.261. The van der Waals surface area contributed by atoms with Gasteiger partial charge in [0.2, 0.25) is 0 Å². The highest BCUT2D eigenvalue weighted by Gasteiger charge is 2.14. The maximum atomic E-state index is 12.4. The van der Waals surface area contributed by atoms with Crippen LogP contribution in [-0.2, 0) is 0 Å². The Bertz CT molecular complexity index is 812. The smallest absolute Gasteiger partial charge is 0.258 e. The summed E-state index contributed by atoms with van der Waals surface area (Å²) in [5.41, 5.74) is 2.13. The van der Waals surface area contributed by atoms with Gasteiger partial charge in [0.1, 0.15) is 5.82 Å². The Morgan fingerprint density at radius 1 is 1.09 bits per heavy atom. The van der Waals surface area contributed by atoms with Crippen LogP contribution in [-0.4, -0.2) is 15.7 Å². The summed E-state index contributed by atoms with van der Waals surface area (Å²) in [4.78, 5) is 12.4. The zero-order chi connectivity index (χ0) is 15.5. The van der Waals surface area contributed by atoms with E-state index in [0.29, 0.717) is 16.4 Å². The molecule has 1 N–H and O–H groups in total. The first kappa shape index (κ1) is 14.4. The van der Waals surface area contributed by atoms with Crippen LogP contribution >= 0.6 is 11.6 Å². The molecule has 5 heteroatoms. The van der Waals surface area contributed by atoms with Gasteiger partial charge in [-0.3, -0.25) is 4.79 Å². The normalized spacial score (nSPS) is 10.5. The fourth-order valence-corrected chi connectivity index (χ4v) is 2.41. The van der Waals surface area contributed by atoms with Crippen LogP contribution in [0.15, 0.2) is 60.7 Å². The first-order chi connectivity index (χ1) is 10.6. The van der Waals surface area contributed by atoms with E-state index in [1.807, 2.05) is 43.3 Å². The average Bonchev–Trinajstić information content (AvgIpc) is 2.89. The molecular weight excluding hydrogens is 298 g/mol.